The molecule has 0 aliphatic rings. The maximum absolute atomic E-state index is 11.6. The Balaban J connectivity index is 2.35. The molecule has 0 fully saturated rings. The van der Waals surface area contributed by atoms with E-state index < -0.39 is 12.1 Å². The van der Waals surface area contributed by atoms with Crippen LogP contribution in [0, 0.1) is 18.3 Å². The molecule has 2 aromatic rings. The summed E-state index contributed by atoms with van der Waals surface area (Å²) in [6.45, 7) is 3.10. The summed E-state index contributed by atoms with van der Waals surface area (Å²) in [5.41, 5.74) is 1.15. The van der Waals surface area contributed by atoms with Crippen LogP contribution >= 0.6 is 23.2 Å². The molecule has 0 spiro atoms. The molecule has 0 saturated carbocycles. The Bertz CT molecular complexity index is 968. The molecule has 0 N–H and O–H groups in total. The Kier molecular flexibility index (Phi) is 7.70. The van der Waals surface area contributed by atoms with Crippen molar-refractivity contribution in [2.24, 2.45) is 12.2 Å². The number of oxime groups is 1. The van der Waals surface area contributed by atoms with Gasteiger partial charge >= 0.3 is 5.97 Å². The van der Waals surface area contributed by atoms with E-state index in [0.717, 1.165) is 0 Å². The highest BCUT2D eigenvalue weighted by Crippen LogP contribution is 2.39. The van der Waals surface area contributed by atoms with E-state index in [4.69, 9.17) is 42.8 Å². The van der Waals surface area contributed by atoms with E-state index in [9.17, 15) is 4.79 Å². The lowest BCUT2D eigenvalue weighted by molar-refractivity contribution is -0.147. The molecule has 1 aromatic carbocycles. The predicted octanol–water partition coefficient (Wildman–Crippen LogP) is 3.64. The molecule has 0 radical (unpaired) electrons. The number of carbonyl (C=O) groups is 1. The van der Waals surface area contributed by atoms with E-state index >= 15 is 0 Å². The number of esters is 1. The zero-order valence-electron chi connectivity index (χ0n) is 16.1. The third-order valence-electron chi connectivity index (χ3n) is 3.63. The number of aromatic nitrogens is 2. The quantitative estimate of drug-likeness (QED) is 0.266. The Hall–Kier alpha value is -2.96. The molecule has 11 heteroatoms. The minimum atomic E-state index is -0.884. The van der Waals surface area contributed by atoms with Crippen LogP contribution in [-0.2, 0) is 21.4 Å². The standard InChI is InChI=1S/C18H18Cl2N4O5/c1-10-12(9-22-27-6-5-21)17(24(3)23-10)29-16-8-15(13(19)7-14(16)20)28-11(2)18(25)26-4/h7-9,11H,6H2,1-4H3/b22-9+/t11-/m0/s1. The molecule has 0 bridgehead atoms. The molecular formula is C18H18Cl2N4O5. The molecule has 0 aliphatic heterocycles. The minimum Gasteiger partial charge on any atom is -0.477 e. The normalized spacial score (nSPS) is 11.8. The first-order valence-corrected chi connectivity index (χ1v) is 9.01. The largest absolute Gasteiger partial charge is 0.477 e. The first-order valence-electron chi connectivity index (χ1n) is 8.25. The van der Waals surface area contributed by atoms with Gasteiger partial charge in [0, 0.05) is 13.1 Å². The van der Waals surface area contributed by atoms with Crippen molar-refractivity contribution in [3.8, 4) is 23.4 Å². The van der Waals surface area contributed by atoms with Crippen LogP contribution in [0.25, 0.3) is 0 Å². The van der Waals surface area contributed by atoms with Crippen molar-refractivity contribution in [1.29, 1.82) is 5.26 Å². The van der Waals surface area contributed by atoms with Gasteiger partial charge in [-0.05, 0) is 19.9 Å². The van der Waals surface area contributed by atoms with Crippen molar-refractivity contribution >= 4 is 35.4 Å². The van der Waals surface area contributed by atoms with Crippen LogP contribution in [0.3, 0.4) is 0 Å². The number of nitriles is 1. The highest BCUT2D eigenvalue weighted by atomic mass is 35.5. The van der Waals surface area contributed by atoms with Gasteiger partial charge in [0.2, 0.25) is 12.5 Å². The van der Waals surface area contributed by atoms with Crippen molar-refractivity contribution < 1.29 is 23.8 Å². The maximum Gasteiger partial charge on any atom is 0.346 e. The topological polar surface area (TPSA) is 108 Å². The zero-order chi connectivity index (χ0) is 21.6. The third-order valence-corrected chi connectivity index (χ3v) is 4.22. The van der Waals surface area contributed by atoms with Crippen LogP contribution in [0.2, 0.25) is 10.0 Å². The summed E-state index contributed by atoms with van der Waals surface area (Å²) >= 11 is 12.4. The molecule has 2 rings (SSSR count). The summed E-state index contributed by atoms with van der Waals surface area (Å²) < 4.78 is 17.6. The lowest BCUT2D eigenvalue weighted by atomic mass is 10.2. The van der Waals surface area contributed by atoms with Gasteiger partial charge in [0.1, 0.15) is 11.8 Å². The molecule has 1 aromatic heterocycles. The number of halogens is 2. The summed E-state index contributed by atoms with van der Waals surface area (Å²) in [6, 6.07) is 4.70. The first-order chi connectivity index (χ1) is 13.8. The van der Waals surface area contributed by atoms with E-state index in [1.54, 1.807) is 14.0 Å². The lowest BCUT2D eigenvalue weighted by Gasteiger charge is -2.16. The number of benzene rings is 1. The number of hydrogen-bond acceptors (Lipinski definition) is 8. The average molecular weight is 441 g/mol. The van der Waals surface area contributed by atoms with Crippen LogP contribution in [0.15, 0.2) is 17.3 Å². The van der Waals surface area contributed by atoms with E-state index in [1.807, 2.05) is 6.07 Å². The number of carbonyl (C=O) groups excluding carboxylic acids is 1. The third kappa shape index (κ3) is 5.53. The van der Waals surface area contributed by atoms with E-state index in [1.165, 1.54) is 37.1 Å². The molecule has 0 aliphatic carbocycles. The fourth-order valence-corrected chi connectivity index (χ4v) is 2.73. The number of hydrogen-bond donors (Lipinski definition) is 0. The number of nitrogens with zero attached hydrogens (tertiary/aromatic N) is 4. The molecule has 1 heterocycles. The summed E-state index contributed by atoms with van der Waals surface area (Å²) in [5, 5.41) is 16.9. The van der Waals surface area contributed by atoms with E-state index in [0.29, 0.717) is 17.1 Å². The Morgan fingerprint density at radius 3 is 2.72 bits per heavy atom. The highest BCUT2D eigenvalue weighted by Gasteiger charge is 2.20. The molecule has 0 unspecified atom stereocenters. The van der Waals surface area contributed by atoms with Crippen LogP contribution < -0.4 is 9.47 Å². The fraction of sp³-hybridized carbons (Fsp3) is 0.333. The first kappa shape index (κ1) is 22.3. The number of ether oxygens (including phenoxy) is 3. The molecule has 1 atom stereocenters. The average Bonchev–Trinajstić information content (AvgIpc) is 2.94. The van der Waals surface area contributed by atoms with E-state index in [2.05, 4.69) is 15.0 Å². The second-order valence-electron chi connectivity index (χ2n) is 5.69. The number of methoxy groups -OCH3 is 1. The van der Waals surface area contributed by atoms with Gasteiger partial charge in [-0.3, -0.25) is 0 Å². The van der Waals surface area contributed by atoms with Gasteiger partial charge in [0.15, 0.2) is 11.9 Å². The molecule has 154 valence electrons. The van der Waals surface area contributed by atoms with Gasteiger partial charge in [-0.2, -0.15) is 10.4 Å². The van der Waals surface area contributed by atoms with Crippen molar-refractivity contribution in [1.82, 2.24) is 9.78 Å². The highest BCUT2D eigenvalue weighted by molar-refractivity contribution is 6.36. The van der Waals surface area contributed by atoms with Crippen molar-refractivity contribution in [2.75, 3.05) is 13.7 Å². The fourth-order valence-electron chi connectivity index (χ4n) is 2.27. The number of rotatable bonds is 8. The molecule has 0 saturated heterocycles. The molecular weight excluding hydrogens is 423 g/mol. The molecule has 9 nitrogen and oxygen atoms in total. The zero-order valence-corrected chi connectivity index (χ0v) is 17.6. The van der Waals surface area contributed by atoms with Gasteiger partial charge in [0.25, 0.3) is 0 Å². The summed E-state index contributed by atoms with van der Waals surface area (Å²) in [6.07, 6.45) is 0.501. The van der Waals surface area contributed by atoms with Gasteiger partial charge in [-0.1, -0.05) is 28.4 Å². The summed E-state index contributed by atoms with van der Waals surface area (Å²) in [7, 11) is 2.94. The Morgan fingerprint density at radius 1 is 1.38 bits per heavy atom. The smallest absolute Gasteiger partial charge is 0.346 e. The Morgan fingerprint density at radius 2 is 2.07 bits per heavy atom. The van der Waals surface area contributed by atoms with Crippen LogP contribution in [0.1, 0.15) is 18.2 Å². The van der Waals surface area contributed by atoms with Crippen LogP contribution in [0.5, 0.6) is 17.4 Å². The predicted molar refractivity (Wildman–Crippen MR) is 106 cm³/mol. The Labute approximate surface area is 177 Å². The van der Waals surface area contributed by atoms with Gasteiger partial charge in [-0.15, -0.1) is 0 Å². The van der Waals surface area contributed by atoms with Crippen LogP contribution in [-0.4, -0.2) is 41.8 Å². The lowest BCUT2D eigenvalue weighted by Crippen LogP contribution is -2.25. The maximum atomic E-state index is 11.6. The minimum absolute atomic E-state index is 0.186. The number of aryl methyl sites for hydroxylation is 2. The SMILES string of the molecule is COC(=O)[C@H](C)Oc1cc(Oc2c(/C=N/OCC#N)c(C)nn2C)c(Cl)cc1Cl. The van der Waals surface area contributed by atoms with Crippen molar-refractivity contribution in [3.63, 3.8) is 0 Å². The van der Waals surface area contributed by atoms with E-state index in [-0.39, 0.29) is 28.2 Å². The summed E-state index contributed by atoms with van der Waals surface area (Å²) in [4.78, 5) is 16.4. The second kappa shape index (κ2) is 10.0. The second-order valence-corrected chi connectivity index (χ2v) is 6.51. The van der Waals surface area contributed by atoms with Crippen molar-refractivity contribution in [3.05, 3.63) is 33.4 Å². The molecule has 29 heavy (non-hydrogen) atoms. The summed E-state index contributed by atoms with van der Waals surface area (Å²) in [5.74, 6) is 0.175. The van der Waals surface area contributed by atoms with Gasteiger partial charge in [0.05, 0.1) is 34.6 Å². The monoisotopic (exact) mass is 440 g/mol. The molecule has 0 amide bonds. The van der Waals surface area contributed by atoms with Gasteiger partial charge in [-0.25, -0.2) is 9.48 Å². The van der Waals surface area contributed by atoms with Crippen LogP contribution in [0.4, 0.5) is 0 Å². The van der Waals surface area contributed by atoms with Gasteiger partial charge < -0.3 is 19.0 Å². The van der Waals surface area contributed by atoms with Crippen molar-refractivity contribution in [2.45, 2.75) is 20.0 Å².